The van der Waals surface area contributed by atoms with Crippen molar-refractivity contribution in [2.75, 3.05) is 19.7 Å². The van der Waals surface area contributed by atoms with Gasteiger partial charge in [0.15, 0.2) is 6.10 Å². The summed E-state index contributed by atoms with van der Waals surface area (Å²) in [6.07, 6.45) is 0.848. The van der Waals surface area contributed by atoms with Gasteiger partial charge in [-0.3, -0.25) is 4.79 Å². The number of nitrogens with zero attached hydrogens (tertiary/aromatic N) is 1. The van der Waals surface area contributed by atoms with Crippen molar-refractivity contribution >= 4 is 22.8 Å². The van der Waals surface area contributed by atoms with Crippen molar-refractivity contribution in [3.63, 3.8) is 0 Å². The smallest absolute Gasteiger partial charge is 0.334 e. The molecule has 1 amide bonds. The van der Waals surface area contributed by atoms with Crippen molar-refractivity contribution in [2.24, 2.45) is 0 Å². The van der Waals surface area contributed by atoms with E-state index in [0.717, 1.165) is 22.1 Å². The normalized spacial score (nSPS) is 18.6. The van der Waals surface area contributed by atoms with Crippen LogP contribution < -0.4 is 0 Å². The lowest BCUT2D eigenvalue weighted by Crippen LogP contribution is -2.49. The zero-order chi connectivity index (χ0) is 15.7. The average molecular weight is 303 g/mol. The predicted octanol–water partition coefficient (Wildman–Crippen LogP) is 1.60. The first-order chi connectivity index (χ1) is 10.5. The molecule has 2 aromatic rings. The molecule has 0 saturated carbocycles. The van der Waals surface area contributed by atoms with E-state index in [1.165, 1.54) is 4.90 Å². The van der Waals surface area contributed by atoms with Gasteiger partial charge in [-0.2, -0.15) is 0 Å². The molecule has 22 heavy (non-hydrogen) atoms. The fourth-order valence-corrected chi connectivity index (χ4v) is 2.63. The van der Waals surface area contributed by atoms with Crippen LogP contribution in [0.4, 0.5) is 0 Å². The third-order valence-corrected chi connectivity index (χ3v) is 3.85. The number of ether oxygens (including phenoxy) is 1. The molecule has 0 spiro atoms. The van der Waals surface area contributed by atoms with Gasteiger partial charge in [0.1, 0.15) is 5.58 Å². The van der Waals surface area contributed by atoms with Gasteiger partial charge in [-0.25, -0.2) is 4.79 Å². The van der Waals surface area contributed by atoms with Crippen LogP contribution in [-0.4, -0.2) is 47.7 Å². The topological polar surface area (TPSA) is 80.0 Å². The lowest BCUT2D eigenvalue weighted by molar-refractivity contribution is -0.159. The van der Waals surface area contributed by atoms with Gasteiger partial charge in [0.05, 0.1) is 25.8 Å². The van der Waals surface area contributed by atoms with Crippen LogP contribution in [0.25, 0.3) is 11.0 Å². The number of fused-ring (bicyclic) bond motifs is 1. The number of carboxylic acid groups (broad SMARTS) is 1. The summed E-state index contributed by atoms with van der Waals surface area (Å²) in [4.78, 5) is 24.9. The molecule has 3 rings (SSSR count). The molecule has 2 heterocycles. The number of hydrogen-bond donors (Lipinski definition) is 1. The van der Waals surface area contributed by atoms with Gasteiger partial charge in [-0.15, -0.1) is 0 Å². The quantitative estimate of drug-likeness (QED) is 0.931. The summed E-state index contributed by atoms with van der Waals surface area (Å²) in [6, 6.07) is 5.84. The van der Waals surface area contributed by atoms with E-state index in [2.05, 4.69) is 0 Å². The third kappa shape index (κ3) is 2.82. The van der Waals surface area contributed by atoms with Crippen LogP contribution in [0.15, 0.2) is 28.9 Å². The highest BCUT2D eigenvalue weighted by Gasteiger charge is 2.29. The number of amides is 1. The molecule has 1 unspecified atom stereocenters. The first kappa shape index (κ1) is 14.6. The molecular formula is C16H17NO5. The van der Waals surface area contributed by atoms with Crippen LogP contribution in [0.3, 0.4) is 0 Å². The molecule has 0 bridgehead atoms. The van der Waals surface area contributed by atoms with Gasteiger partial charge in [-0.1, -0.05) is 12.1 Å². The summed E-state index contributed by atoms with van der Waals surface area (Å²) >= 11 is 0. The van der Waals surface area contributed by atoms with E-state index in [-0.39, 0.29) is 25.5 Å². The Hall–Kier alpha value is -2.34. The number of aryl methyl sites for hydroxylation is 1. The zero-order valence-corrected chi connectivity index (χ0v) is 12.2. The first-order valence-corrected chi connectivity index (χ1v) is 7.13. The third-order valence-electron chi connectivity index (χ3n) is 3.85. The van der Waals surface area contributed by atoms with Crippen LogP contribution in [0.2, 0.25) is 0 Å². The van der Waals surface area contributed by atoms with Crippen molar-refractivity contribution in [3.05, 3.63) is 35.6 Å². The molecule has 1 aliphatic rings. The molecule has 1 N–H and O–H groups in total. The fraction of sp³-hybridized carbons (Fsp3) is 0.375. The molecular weight excluding hydrogens is 286 g/mol. The van der Waals surface area contributed by atoms with Gasteiger partial charge < -0.3 is 19.2 Å². The lowest BCUT2D eigenvalue weighted by atomic mass is 10.1. The highest BCUT2D eigenvalue weighted by Crippen LogP contribution is 2.23. The molecule has 1 aliphatic heterocycles. The Morgan fingerprint density at radius 1 is 1.41 bits per heavy atom. The van der Waals surface area contributed by atoms with E-state index in [1.807, 2.05) is 25.1 Å². The van der Waals surface area contributed by atoms with E-state index < -0.39 is 12.1 Å². The number of hydrogen-bond acceptors (Lipinski definition) is 4. The second kappa shape index (κ2) is 5.81. The summed E-state index contributed by atoms with van der Waals surface area (Å²) in [5.41, 5.74) is 2.67. The maximum absolute atomic E-state index is 12.4. The molecule has 1 atom stereocenters. The first-order valence-electron chi connectivity index (χ1n) is 7.13. The summed E-state index contributed by atoms with van der Waals surface area (Å²) in [7, 11) is 0. The molecule has 0 radical (unpaired) electrons. The van der Waals surface area contributed by atoms with Crippen LogP contribution in [-0.2, 0) is 20.7 Å². The standard InChI is InChI=1S/C16H17NO5/c1-10-2-3-12-11(9-22-13(12)6-10)7-15(18)17-4-5-21-14(8-17)16(19)20/h2-3,6,9,14H,4-5,7-8H2,1H3,(H,19,20). The number of aliphatic carboxylic acids is 1. The molecule has 116 valence electrons. The Morgan fingerprint density at radius 3 is 3.00 bits per heavy atom. The van der Waals surface area contributed by atoms with Crippen LogP contribution in [0.1, 0.15) is 11.1 Å². The molecule has 0 aliphatic carbocycles. The summed E-state index contributed by atoms with van der Waals surface area (Å²) < 4.78 is 10.6. The van der Waals surface area contributed by atoms with Crippen molar-refractivity contribution < 1.29 is 23.8 Å². The lowest BCUT2D eigenvalue weighted by Gasteiger charge is -2.30. The Balaban J connectivity index is 1.74. The van der Waals surface area contributed by atoms with Gasteiger partial charge in [0.2, 0.25) is 5.91 Å². The Morgan fingerprint density at radius 2 is 2.23 bits per heavy atom. The second-order valence-corrected chi connectivity index (χ2v) is 5.47. The van der Waals surface area contributed by atoms with Crippen LogP contribution in [0, 0.1) is 6.92 Å². The zero-order valence-electron chi connectivity index (χ0n) is 12.2. The number of morpholine rings is 1. The highest BCUT2D eigenvalue weighted by molar-refractivity contribution is 5.88. The number of carboxylic acids is 1. The fourth-order valence-electron chi connectivity index (χ4n) is 2.63. The molecule has 1 saturated heterocycles. The van der Waals surface area contributed by atoms with E-state index in [1.54, 1.807) is 6.26 Å². The van der Waals surface area contributed by atoms with Crippen molar-refractivity contribution in [2.45, 2.75) is 19.4 Å². The summed E-state index contributed by atoms with van der Waals surface area (Å²) in [5, 5.41) is 9.90. The molecule has 6 heteroatoms. The maximum Gasteiger partial charge on any atom is 0.334 e. The van der Waals surface area contributed by atoms with Crippen LogP contribution >= 0.6 is 0 Å². The summed E-state index contributed by atoms with van der Waals surface area (Å²) in [5.74, 6) is -1.15. The van der Waals surface area contributed by atoms with Crippen LogP contribution in [0.5, 0.6) is 0 Å². The predicted molar refractivity (Wildman–Crippen MR) is 78.6 cm³/mol. The van der Waals surface area contributed by atoms with Gasteiger partial charge in [0.25, 0.3) is 0 Å². The van der Waals surface area contributed by atoms with Gasteiger partial charge in [0, 0.05) is 17.5 Å². The van der Waals surface area contributed by atoms with E-state index in [4.69, 9.17) is 14.3 Å². The van der Waals surface area contributed by atoms with E-state index in [0.29, 0.717) is 6.54 Å². The number of carbonyl (C=O) groups is 2. The summed E-state index contributed by atoms with van der Waals surface area (Å²) in [6.45, 7) is 2.72. The van der Waals surface area contributed by atoms with Gasteiger partial charge in [-0.05, 0) is 18.6 Å². The molecule has 1 aromatic heterocycles. The number of carbonyl (C=O) groups excluding carboxylic acids is 1. The SMILES string of the molecule is Cc1ccc2c(CC(=O)N3CCOC(C(=O)O)C3)coc2c1. The molecule has 1 fully saturated rings. The molecule has 6 nitrogen and oxygen atoms in total. The van der Waals surface area contributed by atoms with E-state index >= 15 is 0 Å². The number of rotatable bonds is 3. The number of benzene rings is 1. The number of furan rings is 1. The monoisotopic (exact) mass is 303 g/mol. The van der Waals surface area contributed by atoms with Crippen molar-refractivity contribution in [1.29, 1.82) is 0 Å². The Labute approximate surface area is 127 Å². The second-order valence-electron chi connectivity index (χ2n) is 5.47. The minimum absolute atomic E-state index is 0.0864. The van der Waals surface area contributed by atoms with Crippen molar-refractivity contribution in [1.82, 2.24) is 4.90 Å². The minimum atomic E-state index is -1.04. The maximum atomic E-state index is 12.4. The van der Waals surface area contributed by atoms with Crippen molar-refractivity contribution in [3.8, 4) is 0 Å². The van der Waals surface area contributed by atoms with Gasteiger partial charge >= 0.3 is 5.97 Å². The highest BCUT2D eigenvalue weighted by atomic mass is 16.5. The average Bonchev–Trinajstić information content (AvgIpc) is 2.89. The molecule has 1 aromatic carbocycles. The largest absolute Gasteiger partial charge is 0.479 e. The Kier molecular flexibility index (Phi) is 3.85. The Bertz CT molecular complexity index is 720. The van der Waals surface area contributed by atoms with E-state index in [9.17, 15) is 9.59 Å². The minimum Gasteiger partial charge on any atom is -0.479 e.